The Bertz CT molecular complexity index is 1460. The summed E-state index contributed by atoms with van der Waals surface area (Å²) in [6.07, 6.45) is 1.11. The van der Waals surface area contributed by atoms with E-state index in [0.29, 0.717) is 25.7 Å². The molecule has 2 spiro atoms. The second-order valence-electron chi connectivity index (χ2n) is 16.7. The fourth-order valence-corrected chi connectivity index (χ4v) is 9.50. The van der Waals surface area contributed by atoms with Gasteiger partial charge in [-0.1, -0.05) is 0 Å². The molecule has 0 radical (unpaired) electrons. The zero-order valence-electron chi connectivity index (χ0n) is 29.0. The van der Waals surface area contributed by atoms with Crippen LogP contribution < -0.4 is 21.3 Å². The van der Waals surface area contributed by atoms with E-state index in [9.17, 15) is 39.0 Å². The predicted octanol–water partition coefficient (Wildman–Crippen LogP) is 2.63. The van der Waals surface area contributed by atoms with Crippen LogP contribution in [0, 0.1) is 0 Å². The van der Waals surface area contributed by atoms with Crippen LogP contribution in [-0.4, -0.2) is 102 Å². The van der Waals surface area contributed by atoms with Crippen molar-refractivity contribution in [3.05, 3.63) is 34.4 Å². The van der Waals surface area contributed by atoms with Crippen LogP contribution in [0.3, 0.4) is 0 Å². The average molecular weight is 669 g/mol. The van der Waals surface area contributed by atoms with Crippen LogP contribution >= 0.6 is 0 Å². The summed E-state index contributed by atoms with van der Waals surface area (Å²) in [6, 6.07) is 1.19. The second-order valence-corrected chi connectivity index (χ2v) is 16.7. The first kappa shape index (κ1) is 35.3. The van der Waals surface area contributed by atoms with Gasteiger partial charge in [0.05, 0.1) is 11.1 Å². The molecule has 14 heteroatoms. The molecule has 4 fully saturated rings. The summed E-state index contributed by atoms with van der Waals surface area (Å²) in [5, 5.41) is 33.0. The summed E-state index contributed by atoms with van der Waals surface area (Å²) in [7, 11) is 0. The third-order valence-electron chi connectivity index (χ3n) is 9.88. The van der Waals surface area contributed by atoms with E-state index in [-0.39, 0.29) is 48.2 Å². The molecule has 6 N–H and O–H groups in total. The minimum Gasteiger partial charge on any atom is -0.478 e. The normalized spacial score (nSPS) is 24.6. The summed E-state index contributed by atoms with van der Waals surface area (Å²) in [5.74, 6) is -3.46. The minimum absolute atomic E-state index is 0.126. The number of nitrogens with one attached hydrogen (secondary N) is 4. The number of piperidine rings is 2. The Morgan fingerprint density at radius 2 is 0.896 bits per heavy atom. The van der Waals surface area contributed by atoms with Crippen LogP contribution in [0.15, 0.2) is 12.1 Å². The van der Waals surface area contributed by atoms with E-state index in [2.05, 4.69) is 21.3 Å². The van der Waals surface area contributed by atoms with Gasteiger partial charge in [-0.05, 0) is 117 Å². The van der Waals surface area contributed by atoms with Crippen molar-refractivity contribution in [2.75, 3.05) is 13.1 Å². The predicted molar refractivity (Wildman–Crippen MR) is 175 cm³/mol. The van der Waals surface area contributed by atoms with E-state index >= 15 is 0 Å². The summed E-state index contributed by atoms with van der Waals surface area (Å²) >= 11 is 0. The number of nitrogens with zero attached hydrogens (tertiary/aromatic N) is 2. The van der Waals surface area contributed by atoms with Crippen LogP contribution in [0.5, 0.6) is 0 Å². The fourth-order valence-electron chi connectivity index (χ4n) is 9.50. The Balaban J connectivity index is 1.43. The first-order valence-corrected chi connectivity index (χ1v) is 16.4. The third kappa shape index (κ3) is 6.39. The molecule has 48 heavy (non-hydrogen) atoms. The van der Waals surface area contributed by atoms with E-state index in [0.717, 1.165) is 9.80 Å². The third-order valence-corrected chi connectivity index (χ3v) is 9.88. The Hall–Kier alpha value is -4.04. The number of aromatic carboxylic acids is 2. The monoisotopic (exact) mass is 668 g/mol. The van der Waals surface area contributed by atoms with E-state index in [1.807, 2.05) is 55.4 Å². The van der Waals surface area contributed by atoms with Gasteiger partial charge in [-0.2, -0.15) is 0 Å². The van der Waals surface area contributed by atoms with Gasteiger partial charge in [0.1, 0.15) is 11.1 Å². The maximum atomic E-state index is 13.9. The van der Waals surface area contributed by atoms with Crippen molar-refractivity contribution in [1.82, 2.24) is 31.1 Å². The number of amides is 6. The Morgan fingerprint density at radius 1 is 0.604 bits per heavy atom. The maximum absolute atomic E-state index is 13.9. The van der Waals surface area contributed by atoms with E-state index in [1.54, 1.807) is 0 Å². The first-order chi connectivity index (χ1) is 21.9. The highest BCUT2D eigenvalue weighted by atomic mass is 16.4. The van der Waals surface area contributed by atoms with Crippen LogP contribution in [0.25, 0.3) is 0 Å². The lowest BCUT2D eigenvalue weighted by atomic mass is 9.70. The zero-order valence-corrected chi connectivity index (χ0v) is 29.0. The molecular weight excluding hydrogens is 620 g/mol. The molecule has 6 amide bonds. The molecule has 5 rings (SSSR count). The maximum Gasteiger partial charge on any atom is 0.335 e. The number of carboxylic acid groups (broad SMARTS) is 2. The molecule has 0 atom stereocenters. The highest BCUT2D eigenvalue weighted by Crippen LogP contribution is 2.41. The lowest BCUT2D eigenvalue weighted by molar-refractivity contribution is -0.135. The van der Waals surface area contributed by atoms with Crippen molar-refractivity contribution < 1.29 is 39.0 Å². The molecule has 4 aliphatic heterocycles. The summed E-state index contributed by atoms with van der Waals surface area (Å²) in [4.78, 5) is 81.3. The molecule has 1 aromatic rings. The number of benzene rings is 1. The number of hydrogen-bond donors (Lipinski definition) is 6. The number of carboxylic acids is 2. The molecule has 1 aromatic carbocycles. The number of carbonyl (C=O) groups is 6. The highest BCUT2D eigenvalue weighted by Gasteiger charge is 2.59. The summed E-state index contributed by atoms with van der Waals surface area (Å²) in [6.45, 7) is 15.3. The van der Waals surface area contributed by atoms with E-state index in [1.165, 1.54) is 12.1 Å². The topological polar surface area (TPSA) is 197 Å². The highest BCUT2D eigenvalue weighted by molar-refractivity contribution is 6.08. The molecule has 14 nitrogen and oxygen atoms in total. The van der Waals surface area contributed by atoms with Gasteiger partial charge in [0.15, 0.2) is 0 Å². The Morgan fingerprint density at radius 3 is 1.17 bits per heavy atom. The van der Waals surface area contributed by atoms with E-state index in [4.69, 9.17) is 0 Å². The molecule has 0 aliphatic carbocycles. The van der Waals surface area contributed by atoms with E-state index < -0.39 is 69.0 Å². The van der Waals surface area contributed by atoms with Crippen LogP contribution in [0.2, 0.25) is 0 Å². The van der Waals surface area contributed by atoms with Gasteiger partial charge in [0.25, 0.3) is 11.8 Å². The van der Waals surface area contributed by atoms with Crippen molar-refractivity contribution in [1.29, 1.82) is 0 Å². The minimum atomic E-state index is -1.31. The molecule has 4 saturated heterocycles. The van der Waals surface area contributed by atoms with Crippen molar-refractivity contribution in [3.63, 3.8) is 0 Å². The van der Waals surface area contributed by atoms with Gasteiger partial charge < -0.3 is 31.5 Å². The molecule has 4 aliphatic rings. The average Bonchev–Trinajstić information content (AvgIpc) is 3.23. The zero-order chi connectivity index (χ0) is 35.8. The lowest BCUT2D eigenvalue weighted by Gasteiger charge is -2.50. The van der Waals surface area contributed by atoms with Gasteiger partial charge in [-0.3, -0.25) is 19.4 Å². The smallest absolute Gasteiger partial charge is 0.335 e. The van der Waals surface area contributed by atoms with Crippen molar-refractivity contribution >= 4 is 35.8 Å². The van der Waals surface area contributed by atoms with Crippen molar-refractivity contribution in [2.24, 2.45) is 0 Å². The van der Waals surface area contributed by atoms with Gasteiger partial charge in [0.2, 0.25) is 0 Å². The molecule has 0 unspecified atom stereocenters. The van der Waals surface area contributed by atoms with Gasteiger partial charge in [-0.15, -0.1) is 0 Å². The lowest BCUT2D eigenvalue weighted by Crippen LogP contribution is -2.68. The molecule has 0 aromatic heterocycles. The fraction of sp³-hybridized carbons (Fsp3) is 0.647. The summed E-state index contributed by atoms with van der Waals surface area (Å²) < 4.78 is 0. The SMILES string of the molecule is CC1(C)CC2(CC(C)(C)N1)NC(=O)N(CCc1c(C(=O)O)ccc(C(=O)O)c1CCN1C(=O)NC3(CC(C)(C)NC(C)(C)C3)C1=O)C2=O. The van der Waals surface area contributed by atoms with Crippen LogP contribution in [-0.2, 0) is 22.4 Å². The van der Waals surface area contributed by atoms with Crippen molar-refractivity contribution in [3.8, 4) is 0 Å². The van der Waals surface area contributed by atoms with Gasteiger partial charge in [0, 0.05) is 35.2 Å². The second kappa shape index (κ2) is 11.3. The first-order valence-electron chi connectivity index (χ1n) is 16.4. The van der Waals surface area contributed by atoms with Crippen LogP contribution in [0.1, 0.15) is 113 Å². The number of rotatable bonds is 8. The van der Waals surface area contributed by atoms with Gasteiger partial charge in [-0.25, -0.2) is 19.2 Å². The Labute approximate surface area is 280 Å². The summed E-state index contributed by atoms with van der Waals surface area (Å²) in [5.41, 5.74) is -4.25. The largest absolute Gasteiger partial charge is 0.478 e. The number of imide groups is 2. The van der Waals surface area contributed by atoms with Crippen LogP contribution in [0.4, 0.5) is 9.59 Å². The van der Waals surface area contributed by atoms with Crippen molar-refractivity contribution in [2.45, 2.75) is 127 Å². The standard InChI is InChI=1S/C34H48N6O8/c1-29(2)15-33(16-30(3,4)37-29)25(45)39(27(47)35-33)13-11-19-20(22(24(43)44)10-9-21(19)23(41)42)12-14-40-26(46)34(36-28(40)48)17-31(5,6)38-32(7,8)18-34/h9-10,37-38H,11-18H2,1-8H3,(H,35,47)(H,36,48)(H,41,42)(H,43,44). The molecular formula is C34H48N6O8. The molecule has 262 valence electrons. The Kier molecular flexibility index (Phi) is 8.27. The number of carbonyl (C=O) groups excluding carboxylic acids is 4. The number of hydrogen-bond acceptors (Lipinski definition) is 8. The molecule has 4 heterocycles. The number of urea groups is 2. The molecule has 0 saturated carbocycles. The molecule has 0 bridgehead atoms. The quantitative estimate of drug-likeness (QED) is 0.224. The van der Waals surface area contributed by atoms with Gasteiger partial charge >= 0.3 is 24.0 Å².